The number of hydrogen-bond acceptors (Lipinski definition) is 3. The molecule has 0 aromatic carbocycles. The largest absolute Gasteiger partial charge is 0.299 e. The lowest BCUT2D eigenvalue weighted by Crippen LogP contribution is -2.40. The lowest BCUT2D eigenvalue weighted by Gasteiger charge is -2.27. The number of likely N-dealkylation sites (tertiary alicyclic amines) is 1. The van der Waals surface area contributed by atoms with E-state index in [1.807, 2.05) is 13.8 Å². The quantitative estimate of drug-likeness (QED) is 0.714. The number of rotatable bonds is 6. The monoisotopic (exact) mass is 239 g/mol. The molecule has 0 unspecified atom stereocenters. The fourth-order valence-electron chi connectivity index (χ4n) is 2.45. The summed E-state index contributed by atoms with van der Waals surface area (Å²) >= 11 is 0. The predicted molar refractivity (Wildman–Crippen MR) is 69.0 cm³/mol. The second-order valence-electron chi connectivity index (χ2n) is 5.58. The van der Waals surface area contributed by atoms with Gasteiger partial charge in [-0.3, -0.25) is 14.5 Å². The summed E-state index contributed by atoms with van der Waals surface area (Å²) in [7, 11) is 0. The maximum atomic E-state index is 12.1. The molecule has 1 heterocycles. The van der Waals surface area contributed by atoms with Crippen molar-refractivity contribution in [1.29, 1.82) is 0 Å². The molecule has 1 aliphatic heterocycles. The van der Waals surface area contributed by atoms with Crippen LogP contribution in [0.5, 0.6) is 0 Å². The minimum Gasteiger partial charge on any atom is -0.299 e. The lowest BCUT2D eigenvalue weighted by atomic mass is 9.99. The second-order valence-corrected chi connectivity index (χ2v) is 5.58. The van der Waals surface area contributed by atoms with Crippen molar-refractivity contribution in [3.05, 3.63) is 0 Å². The van der Waals surface area contributed by atoms with Crippen molar-refractivity contribution >= 4 is 11.6 Å². The minimum absolute atomic E-state index is 0.0487. The normalized spacial score (nSPS) is 21.4. The van der Waals surface area contributed by atoms with Gasteiger partial charge in [0.2, 0.25) is 0 Å². The van der Waals surface area contributed by atoms with Crippen LogP contribution < -0.4 is 0 Å². The van der Waals surface area contributed by atoms with E-state index >= 15 is 0 Å². The highest BCUT2D eigenvalue weighted by atomic mass is 16.1. The Labute approximate surface area is 105 Å². The summed E-state index contributed by atoms with van der Waals surface area (Å²) in [5.41, 5.74) is 0. The maximum absolute atomic E-state index is 12.1. The molecule has 0 N–H and O–H groups in total. The first kappa shape index (κ1) is 14.4. The van der Waals surface area contributed by atoms with Crippen LogP contribution >= 0.6 is 0 Å². The van der Waals surface area contributed by atoms with Gasteiger partial charge in [-0.05, 0) is 33.2 Å². The third kappa shape index (κ3) is 3.91. The summed E-state index contributed by atoms with van der Waals surface area (Å²) in [6.07, 6.45) is 2.91. The fourth-order valence-corrected chi connectivity index (χ4v) is 2.45. The Morgan fingerprint density at radius 3 is 2.35 bits per heavy atom. The zero-order valence-corrected chi connectivity index (χ0v) is 11.5. The zero-order valence-electron chi connectivity index (χ0n) is 11.5. The van der Waals surface area contributed by atoms with Crippen molar-refractivity contribution in [3.63, 3.8) is 0 Å². The molecule has 1 aliphatic rings. The highest BCUT2D eigenvalue weighted by Crippen LogP contribution is 2.22. The number of ketones is 2. The van der Waals surface area contributed by atoms with Gasteiger partial charge in [0.25, 0.3) is 0 Å². The molecule has 0 saturated carbocycles. The number of Topliss-reactive ketones (excluding diaryl/α,β-unsaturated/α-hetero) is 2. The van der Waals surface area contributed by atoms with Crippen LogP contribution in [0.2, 0.25) is 0 Å². The Kier molecular flexibility index (Phi) is 5.31. The van der Waals surface area contributed by atoms with Crippen molar-refractivity contribution in [1.82, 2.24) is 4.90 Å². The van der Waals surface area contributed by atoms with E-state index in [1.165, 1.54) is 0 Å². The molecule has 0 aromatic rings. The van der Waals surface area contributed by atoms with Gasteiger partial charge in [-0.2, -0.15) is 0 Å². The summed E-state index contributed by atoms with van der Waals surface area (Å²) in [6.45, 7) is 9.06. The molecule has 1 atom stereocenters. The summed E-state index contributed by atoms with van der Waals surface area (Å²) in [5.74, 6) is 0.505. The number of nitrogens with zero attached hydrogens (tertiary/aromatic N) is 1. The molecular weight excluding hydrogens is 214 g/mol. The van der Waals surface area contributed by atoms with Gasteiger partial charge in [-0.1, -0.05) is 13.8 Å². The van der Waals surface area contributed by atoms with Crippen molar-refractivity contribution in [2.75, 3.05) is 6.54 Å². The van der Waals surface area contributed by atoms with Crippen LogP contribution in [0.4, 0.5) is 0 Å². The van der Waals surface area contributed by atoms with Crippen LogP contribution in [0.3, 0.4) is 0 Å². The topological polar surface area (TPSA) is 37.4 Å². The molecule has 1 rings (SSSR count). The van der Waals surface area contributed by atoms with Gasteiger partial charge in [0, 0.05) is 24.8 Å². The molecule has 98 valence electrons. The molecule has 0 spiro atoms. The Hall–Kier alpha value is -0.700. The molecule has 3 heteroatoms. The summed E-state index contributed by atoms with van der Waals surface area (Å²) in [6, 6.07) is 0.488. The molecule has 0 aliphatic carbocycles. The fraction of sp³-hybridized carbons (Fsp3) is 0.857. The lowest BCUT2D eigenvalue weighted by molar-refractivity contribution is -0.128. The maximum Gasteiger partial charge on any atom is 0.150 e. The van der Waals surface area contributed by atoms with E-state index in [2.05, 4.69) is 18.7 Å². The van der Waals surface area contributed by atoms with Gasteiger partial charge >= 0.3 is 0 Å². The Bertz CT molecular complexity index is 284. The van der Waals surface area contributed by atoms with E-state index in [1.54, 1.807) is 0 Å². The van der Waals surface area contributed by atoms with Gasteiger partial charge in [-0.15, -0.1) is 0 Å². The molecule has 17 heavy (non-hydrogen) atoms. The standard InChI is InChI=1S/C14H25NO2/c1-10(2)13(16)7-8-14(17)12-6-5-9-15(12)11(3)4/h10-12H,5-9H2,1-4H3/t12-/m1/s1. The van der Waals surface area contributed by atoms with Crippen LogP contribution in [0.25, 0.3) is 0 Å². The average molecular weight is 239 g/mol. The molecule has 0 aromatic heterocycles. The highest BCUT2D eigenvalue weighted by molar-refractivity contribution is 5.89. The molecule has 0 bridgehead atoms. The first-order valence-electron chi connectivity index (χ1n) is 6.74. The van der Waals surface area contributed by atoms with Gasteiger partial charge in [0.1, 0.15) is 11.6 Å². The number of carbonyl (C=O) groups excluding carboxylic acids is 2. The molecule has 0 amide bonds. The molecular formula is C14H25NO2. The van der Waals surface area contributed by atoms with Crippen molar-refractivity contribution in [3.8, 4) is 0 Å². The Morgan fingerprint density at radius 1 is 1.18 bits per heavy atom. The Balaban J connectivity index is 2.44. The van der Waals surface area contributed by atoms with E-state index in [4.69, 9.17) is 0 Å². The van der Waals surface area contributed by atoms with E-state index in [-0.39, 0.29) is 23.5 Å². The third-order valence-electron chi connectivity index (χ3n) is 3.59. The summed E-state index contributed by atoms with van der Waals surface area (Å²) in [4.78, 5) is 25.9. The minimum atomic E-state index is 0.0487. The summed E-state index contributed by atoms with van der Waals surface area (Å²) < 4.78 is 0. The molecule has 0 radical (unpaired) electrons. The Morgan fingerprint density at radius 2 is 1.82 bits per heavy atom. The van der Waals surface area contributed by atoms with Gasteiger partial charge in [-0.25, -0.2) is 0 Å². The van der Waals surface area contributed by atoms with Crippen LogP contribution in [-0.4, -0.2) is 35.1 Å². The van der Waals surface area contributed by atoms with Crippen LogP contribution in [0.15, 0.2) is 0 Å². The van der Waals surface area contributed by atoms with E-state index < -0.39 is 0 Å². The average Bonchev–Trinajstić information content (AvgIpc) is 2.73. The van der Waals surface area contributed by atoms with E-state index in [9.17, 15) is 9.59 Å². The van der Waals surface area contributed by atoms with Gasteiger partial charge in [0.05, 0.1) is 6.04 Å². The van der Waals surface area contributed by atoms with Gasteiger partial charge < -0.3 is 0 Å². The van der Waals surface area contributed by atoms with Crippen LogP contribution in [0.1, 0.15) is 53.4 Å². The summed E-state index contributed by atoms with van der Waals surface area (Å²) in [5, 5.41) is 0. The van der Waals surface area contributed by atoms with E-state index in [0.29, 0.717) is 18.9 Å². The second kappa shape index (κ2) is 6.29. The van der Waals surface area contributed by atoms with Crippen LogP contribution in [-0.2, 0) is 9.59 Å². The zero-order chi connectivity index (χ0) is 13.0. The number of hydrogen-bond donors (Lipinski definition) is 0. The van der Waals surface area contributed by atoms with Crippen molar-refractivity contribution < 1.29 is 9.59 Å². The van der Waals surface area contributed by atoms with Crippen molar-refractivity contribution in [2.24, 2.45) is 5.92 Å². The smallest absolute Gasteiger partial charge is 0.150 e. The van der Waals surface area contributed by atoms with Gasteiger partial charge in [0.15, 0.2) is 0 Å². The number of carbonyl (C=O) groups is 2. The van der Waals surface area contributed by atoms with Crippen LogP contribution in [0, 0.1) is 5.92 Å². The van der Waals surface area contributed by atoms with Crippen molar-refractivity contribution in [2.45, 2.75) is 65.5 Å². The first-order chi connectivity index (χ1) is 7.93. The SMILES string of the molecule is CC(C)C(=O)CCC(=O)[C@H]1CCCN1C(C)C. The first-order valence-corrected chi connectivity index (χ1v) is 6.74. The highest BCUT2D eigenvalue weighted by Gasteiger charge is 2.31. The third-order valence-corrected chi connectivity index (χ3v) is 3.59. The molecule has 1 fully saturated rings. The molecule has 1 saturated heterocycles. The molecule has 3 nitrogen and oxygen atoms in total. The van der Waals surface area contributed by atoms with E-state index in [0.717, 1.165) is 19.4 Å². The predicted octanol–water partition coefficient (Wildman–Crippen LogP) is 2.43.